The minimum absolute atomic E-state index is 0.486. The second kappa shape index (κ2) is 6.20. The molecule has 70 valence electrons. The van der Waals surface area contributed by atoms with Crippen LogP contribution in [0.25, 0.3) is 0 Å². The predicted molar refractivity (Wildman–Crippen MR) is 51.9 cm³/mol. The molecule has 0 radical (unpaired) electrons. The van der Waals surface area contributed by atoms with Crippen molar-refractivity contribution < 1.29 is 9.57 Å². The fourth-order valence-electron chi connectivity index (χ4n) is 0.811. The van der Waals surface area contributed by atoms with Crippen molar-refractivity contribution in [2.75, 3.05) is 20.3 Å². The van der Waals surface area contributed by atoms with Crippen molar-refractivity contribution in [2.24, 2.45) is 5.16 Å². The summed E-state index contributed by atoms with van der Waals surface area (Å²) in [6.45, 7) is 1.05. The Morgan fingerprint density at radius 2 is 2.00 bits per heavy atom. The van der Waals surface area contributed by atoms with Crippen molar-refractivity contribution in [3.63, 3.8) is 0 Å². The number of rotatable bonds is 5. The van der Waals surface area contributed by atoms with Crippen molar-refractivity contribution in [2.45, 2.75) is 0 Å². The first-order valence-corrected chi connectivity index (χ1v) is 4.13. The molecule has 0 aromatic heterocycles. The average molecular weight is 179 g/mol. The van der Waals surface area contributed by atoms with Crippen LogP contribution in [0.2, 0.25) is 0 Å². The van der Waals surface area contributed by atoms with E-state index in [9.17, 15) is 0 Å². The van der Waals surface area contributed by atoms with Crippen LogP contribution < -0.4 is 0 Å². The van der Waals surface area contributed by atoms with Gasteiger partial charge in [-0.05, 0) is 5.56 Å². The monoisotopic (exact) mass is 179 g/mol. The standard InChI is InChI=1S/C10H13NO2/c1-12-7-8-13-11-9-10-5-3-2-4-6-10/h2-6,9H,7-8H2,1H3/b11-9+. The van der Waals surface area contributed by atoms with Gasteiger partial charge in [-0.3, -0.25) is 0 Å². The Balaban J connectivity index is 2.25. The van der Waals surface area contributed by atoms with E-state index in [0.717, 1.165) is 5.56 Å². The summed E-state index contributed by atoms with van der Waals surface area (Å²) < 4.78 is 4.80. The number of nitrogens with zero attached hydrogens (tertiary/aromatic N) is 1. The first-order valence-electron chi connectivity index (χ1n) is 4.13. The van der Waals surface area contributed by atoms with Crippen LogP contribution >= 0.6 is 0 Å². The van der Waals surface area contributed by atoms with Crippen molar-refractivity contribution in [3.05, 3.63) is 35.9 Å². The van der Waals surface area contributed by atoms with E-state index in [-0.39, 0.29) is 0 Å². The van der Waals surface area contributed by atoms with Gasteiger partial charge in [0, 0.05) is 7.11 Å². The highest BCUT2D eigenvalue weighted by molar-refractivity contribution is 5.78. The molecule has 0 aliphatic carbocycles. The molecule has 13 heavy (non-hydrogen) atoms. The summed E-state index contributed by atoms with van der Waals surface area (Å²) in [6, 6.07) is 9.79. The Hall–Kier alpha value is -1.35. The van der Waals surface area contributed by atoms with Gasteiger partial charge in [0.15, 0.2) is 0 Å². The maximum Gasteiger partial charge on any atom is 0.140 e. The molecule has 0 saturated heterocycles. The first-order chi connectivity index (χ1) is 6.43. The molecule has 0 atom stereocenters. The molecular weight excluding hydrogens is 166 g/mol. The molecule has 1 aromatic rings. The Bertz CT molecular complexity index is 246. The zero-order chi connectivity index (χ0) is 9.36. The van der Waals surface area contributed by atoms with Crippen LogP contribution in [0.4, 0.5) is 0 Å². The van der Waals surface area contributed by atoms with E-state index < -0.39 is 0 Å². The van der Waals surface area contributed by atoms with Gasteiger partial charge in [-0.25, -0.2) is 0 Å². The summed E-state index contributed by atoms with van der Waals surface area (Å²) in [5.41, 5.74) is 1.03. The van der Waals surface area contributed by atoms with Crippen LogP contribution in [0.1, 0.15) is 5.56 Å². The SMILES string of the molecule is COCCO/N=C/c1ccccc1. The smallest absolute Gasteiger partial charge is 0.140 e. The summed E-state index contributed by atoms with van der Waals surface area (Å²) in [5, 5.41) is 3.77. The van der Waals surface area contributed by atoms with E-state index in [0.29, 0.717) is 13.2 Å². The third-order valence-corrected chi connectivity index (χ3v) is 1.45. The summed E-state index contributed by atoms with van der Waals surface area (Å²) in [7, 11) is 1.63. The minimum Gasteiger partial charge on any atom is -0.393 e. The van der Waals surface area contributed by atoms with Gasteiger partial charge < -0.3 is 9.57 Å². The number of benzene rings is 1. The second-order valence-electron chi connectivity index (χ2n) is 2.47. The highest BCUT2D eigenvalue weighted by Crippen LogP contribution is 1.93. The van der Waals surface area contributed by atoms with Gasteiger partial charge in [0.25, 0.3) is 0 Å². The topological polar surface area (TPSA) is 30.8 Å². The van der Waals surface area contributed by atoms with E-state index in [1.54, 1.807) is 13.3 Å². The molecule has 0 amide bonds. The molecular formula is C10H13NO2. The van der Waals surface area contributed by atoms with Crippen molar-refractivity contribution in [3.8, 4) is 0 Å². The number of oxime groups is 1. The van der Waals surface area contributed by atoms with E-state index >= 15 is 0 Å². The third kappa shape index (κ3) is 4.28. The lowest BCUT2D eigenvalue weighted by Crippen LogP contribution is -1.97. The molecule has 0 N–H and O–H groups in total. The van der Waals surface area contributed by atoms with E-state index in [2.05, 4.69) is 5.16 Å². The lowest BCUT2D eigenvalue weighted by atomic mass is 10.2. The van der Waals surface area contributed by atoms with E-state index in [1.807, 2.05) is 30.3 Å². The Morgan fingerprint density at radius 1 is 1.23 bits per heavy atom. The first kappa shape index (κ1) is 9.74. The molecule has 3 heteroatoms. The zero-order valence-corrected chi connectivity index (χ0v) is 7.64. The van der Waals surface area contributed by atoms with Crippen LogP contribution in [0.5, 0.6) is 0 Å². The molecule has 0 spiro atoms. The fourth-order valence-corrected chi connectivity index (χ4v) is 0.811. The lowest BCUT2D eigenvalue weighted by Gasteiger charge is -1.96. The molecule has 0 unspecified atom stereocenters. The summed E-state index contributed by atoms with van der Waals surface area (Å²) >= 11 is 0. The molecule has 1 aromatic carbocycles. The molecule has 0 bridgehead atoms. The van der Waals surface area contributed by atoms with Gasteiger partial charge in [0.2, 0.25) is 0 Å². The molecule has 0 heterocycles. The van der Waals surface area contributed by atoms with Crippen molar-refractivity contribution in [1.29, 1.82) is 0 Å². The molecule has 0 saturated carbocycles. The van der Waals surface area contributed by atoms with Crippen LogP contribution in [-0.4, -0.2) is 26.5 Å². The highest BCUT2D eigenvalue weighted by Gasteiger charge is 1.84. The number of hydrogen-bond acceptors (Lipinski definition) is 3. The second-order valence-corrected chi connectivity index (χ2v) is 2.47. The Labute approximate surface area is 78.0 Å². The Kier molecular flexibility index (Phi) is 4.64. The number of ether oxygens (including phenoxy) is 1. The Morgan fingerprint density at radius 3 is 2.69 bits per heavy atom. The molecule has 0 aliphatic heterocycles. The maximum atomic E-state index is 4.92. The zero-order valence-electron chi connectivity index (χ0n) is 7.64. The van der Waals surface area contributed by atoms with Crippen LogP contribution in [0, 0.1) is 0 Å². The van der Waals surface area contributed by atoms with Gasteiger partial charge in [0.05, 0.1) is 12.8 Å². The van der Waals surface area contributed by atoms with Gasteiger partial charge >= 0.3 is 0 Å². The van der Waals surface area contributed by atoms with Crippen molar-refractivity contribution in [1.82, 2.24) is 0 Å². The normalized spacial score (nSPS) is 10.5. The molecule has 3 nitrogen and oxygen atoms in total. The minimum atomic E-state index is 0.486. The maximum absolute atomic E-state index is 4.92. The molecule has 0 fully saturated rings. The molecule has 0 aliphatic rings. The van der Waals surface area contributed by atoms with E-state index in [1.165, 1.54) is 0 Å². The summed E-state index contributed by atoms with van der Waals surface area (Å²) in [4.78, 5) is 4.92. The largest absolute Gasteiger partial charge is 0.393 e. The van der Waals surface area contributed by atoms with Crippen LogP contribution in [0.15, 0.2) is 35.5 Å². The summed E-state index contributed by atoms with van der Waals surface area (Å²) in [6.07, 6.45) is 1.68. The highest BCUT2D eigenvalue weighted by atomic mass is 16.6. The third-order valence-electron chi connectivity index (χ3n) is 1.45. The van der Waals surface area contributed by atoms with Crippen LogP contribution in [-0.2, 0) is 9.57 Å². The van der Waals surface area contributed by atoms with Crippen LogP contribution in [0.3, 0.4) is 0 Å². The van der Waals surface area contributed by atoms with Crippen molar-refractivity contribution >= 4 is 6.21 Å². The average Bonchev–Trinajstić information content (AvgIpc) is 2.19. The number of hydrogen-bond donors (Lipinski definition) is 0. The predicted octanol–water partition coefficient (Wildman–Crippen LogP) is 1.68. The van der Waals surface area contributed by atoms with Gasteiger partial charge in [-0.15, -0.1) is 0 Å². The molecule has 1 rings (SSSR count). The van der Waals surface area contributed by atoms with Gasteiger partial charge in [-0.1, -0.05) is 35.5 Å². The summed E-state index contributed by atoms with van der Waals surface area (Å²) in [5.74, 6) is 0. The quantitative estimate of drug-likeness (QED) is 0.391. The fraction of sp³-hybridized carbons (Fsp3) is 0.300. The van der Waals surface area contributed by atoms with Gasteiger partial charge in [-0.2, -0.15) is 0 Å². The number of methoxy groups -OCH3 is 1. The van der Waals surface area contributed by atoms with Gasteiger partial charge in [0.1, 0.15) is 6.61 Å². The van der Waals surface area contributed by atoms with E-state index in [4.69, 9.17) is 9.57 Å². The lowest BCUT2D eigenvalue weighted by molar-refractivity contribution is 0.0760.